The van der Waals surface area contributed by atoms with Crippen molar-refractivity contribution in [3.8, 4) is 0 Å². The maximum absolute atomic E-state index is 13.8. The van der Waals surface area contributed by atoms with Crippen LogP contribution in [0, 0.1) is 5.82 Å². The van der Waals surface area contributed by atoms with Crippen LogP contribution in [-0.2, 0) is 16.8 Å². The molecule has 3 rings (SSSR count). The molecule has 2 heterocycles. The fraction of sp³-hybridized carbons (Fsp3) is 0.0667. The molecule has 3 aromatic rings. The minimum absolute atomic E-state index is 0.130. The largest absolute Gasteiger partial charge is 0.355 e. The number of pyridine rings is 2. The van der Waals surface area contributed by atoms with Gasteiger partial charge < -0.3 is 10.3 Å². The molecule has 0 saturated carbocycles. The summed E-state index contributed by atoms with van der Waals surface area (Å²) in [7, 11) is -3.92. The van der Waals surface area contributed by atoms with Gasteiger partial charge in [0.15, 0.2) is 0 Å². The average molecular weight is 363 g/mol. The number of aromatic nitrogens is 2. The molecule has 0 atom stereocenters. The van der Waals surface area contributed by atoms with Crippen molar-refractivity contribution in [2.75, 3.05) is 5.32 Å². The Morgan fingerprint density at radius 2 is 2.00 bits per heavy atom. The Balaban J connectivity index is 1.92. The van der Waals surface area contributed by atoms with Gasteiger partial charge in [-0.05, 0) is 30.3 Å². The zero-order chi connectivity index (χ0) is 18.0. The summed E-state index contributed by atoms with van der Waals surface area (Å²) in [5, 5.41) is 8.63. The lowest BCUT2D eigenvalue weighted by atomic mass is 10.1. The zero-order valence-electron chi connectivity index (χ0n) is 12.8. The van der Waals surface area contributed by atoms with Gasteiger partial charge in [-0.15, -0.1) is 0 Å². The number of nitrogens with zero attached hydrogens (tertiary/aromatic N) is 1. The van der Waals surface area contributed by atoms with Crippen LogP contribution in [0.25, 0.3) is 11.0 Å². The Kier molecular flexibility index (Phi) is 4.49. The van der Waals surface area contributed by atoms with Crippen molar-refractivity contribution in [3.63, 3.8) is 0 Å². The summed E-state index contributed by atoms with van der Waals surface area (Å²) >= 11 is 0. The molecule has 1 aromatic carbocycles. The quantitative estimate of drug-likeness (QED) is 0.539. The Hall–Kier alpha value is -2.82. The third-order valence-corrected chi connectivity index (χ3v) is 3.97. The van der Waals surface area contributed by atoms with Crippen LogP contribution >= 0.6 is 0 Å². The molecule has 0 amide bonds. The third kappa shape index (κ3) is 4.18. The predicted octanol–water partition coefficient (Wildman–Crippen LogP) is 1.10. The number of nitrogens with two attached hydrogens (primary N) is 1. The molecule has 0 spiro atoms. The van der Waals surface area contributed by atoms with E-state index in [0.717, 1.165) is 0 Å². The smallest absolute Gasteiger partial charge is 0.274 e. The van der Waals surface area contributed by atoms with Gasteiger partial charge >= 0.3 is 0 Å². The van der Waals surface area contributed by atoms with Crippen LogP contribution < -0.4 is 20.7 Å². The van der Waals surface area contributed by atoms with Crippen LogP contribution in [0.3, 0.4) is 0 Å². The number of rotatable bonds is 5. The molecular weight excluding hydrogens is 349 g/mol. The van der Waals surface area contributed by atoms with Crippen molar-refractivity contribution in [1.82, 2.24) is 14.7 Å². The van der Waals surface area contributed by atoms with Crippen molar-refractivity contribution in [1.29, 1.82) is 0 Å². The van der Waals surface area contributed by atoms with E-state index in [1.807, 2.05) is 4.72 Å². The van der Waals surface area contributed by atoms with Gasteiger partial charge in [0.2, 0.25) is 5.56 Å². The van der Waals surface area contributed by atoms with E-state index in [4.69, 9.17) is 5.14 Å². The Morgan fingerprint density at radius 3 is 2.76 bits per heavy atom. The van der Waals surface area contributed by atoms with Crippen molar-refractivity contribution in [2.24, 2.45) is 5.14 Å². The van der Waals surface area contributed by atoms with Crippen molar-refractivity contribution in [3.05, 3.63) is 64.3 Å². The zero-order valence-corrected chi connectivity index (χ0v) is 13.6. The van der Waals surface area contributed by atoms with E-state index in [1.165, 1.54) is 30.5 Å². The third-order valence-electron chi connectivity index (χ3n) is 3.42. The molecule has 0 aliphatic heterocycles. The molecule has 5 N–H and O–H groups in total. The lowest BCUT2D eigenvalue weighted by Gasteiger charge is -2.11. The van der Waals surface area contributed by atoms with Gasteiger partial charge in [-0.3, -0.25) is 4.79 Å². The summed E-state index contributed by atoms with van der Waals surface area (Å²) in [6, 6.07) is 8.89. The van der Waals surface area contributed by atoms with Crippen LogP contribution in [0.2, 0.25) is 0 Å². The highest BCUT2D eigenvalue weighted by molar-refractivity contribution is 7.87. The predicted molar refractivity (Wildman–Crippen MR) is 92.0 cm³/mol. The topological polar surface area (TPSA) is 130 Å². The highest BCUT2D eigenvalue weighted by Crippen LogP contribution is 2.24. The van der Waals surface area contributed by atoms with Gasteiger partial charge in [0.05, 0.1) is 5.69 Å². The number of benzene rings is 1. The number of hydrogen-bond acceptors (Lipinski definition) is 5. The normalized spacial score (nSPS) is 11.6. The number of fused-ring (bicyclic) bond motifs is 1. The second-order valence-corrected chi connectivity index (χ2v) is 6.62. The maximum atomic E-state index is 13.8. The van der Waals surface area contributed by atoms with Gasteiger partial charge in [-0.1, -0.05) is 0 Å². The molecular formula is C15H14FN5O3S. The lowest BCUT2D eigenvalue weighted by Crippen LogP contribution is -2.30. The molecule has 130 valence electrons. The summed E-state index contributed by atoms with van der Waals surface area (Å²) < 4.78 is 37.8. The summed E-state index contributed by atoms with van der Waals surface area (Å²) in [4.78, 5) is 18.1. The molecule has 0 unspecified atom stereocenters. The van der Waals surface area contributed by atoms with E-state index >= 15 is 0 Å². The Labute approximate surface area is 142 Å². The minimum atomic E-state index is -3.92. The Bertz CT molecular complexity index is 1100. The second-order valence-electron chi connectivity index (χ2n) is 5.24. The molecule has 2 aromatic heterocycles. The van der Waals surface area contributed by atoms with Crippen LogP contribution in [0.1, 0.15) is 5.56 Å². The molecule has 0 saturated heterocycles. The Morgan fingerprint density at radius 1 is 1.20 bits per heavy atom. The SMILES string of the molecule is NS(=O)(=O)NCc1cc(Nc2ccnc3[nH]c(=O)ccc23)ccc1F. The lowest BCUT2D eigenvalue weighted by molar-refractivity contribution is 0.576. The number of nitrogens with one attached hydrogen (secondary N) is 3. The second kappa shape index (κ2) is 6.59. The highest BCUT2D eigenvalue weighted by atomic mass is 32.2. The van der Waals surface area contributed by atoms with E-state index in [1.54, 1.807) is 12.1 Å². The van der Waals surface area contributed by atoms with Crippen LogP contribution in [-0.4, -0.2) is 18.4 Å². The number of halogens is 1. The molecule has 8 nitrogen and oxygen atoms in total. The van der Waals surface area contributed by atoms with Gasteiger partial charge in [-0.2, -0.15) is 13.1 Å². The molecule has 25 heavy (non-hydrogen) atoms. The first kappa shape index (κ1) is 17.0. The fourth-order valence-electron chi connectivity index (χ4n) is 2.29. The van der Waals surface area contributed by atoms with Crippen LogP contribution in [0.5, 0.6) is 0 Å². The van der Waals surface area contributed by atoms with Crippen molar-refractivity contribution in [2.45, 2.75) is 6.54 Å². The van der Waals surface area contributed by atoms with Gasteiger partial charge in [0.25, 0.3) is 10.2 Å². The number of aromatic amines is 1. The van der Waals surface area contributed by atoms with Gasteiger partial charge in [-0.25, -0.2) is 14.5 Å². The molecule has 0 radical (unpaired) electrons. The van der Waals surface area contributed by atoms with E-state index in [9.17, 15) is 17.6 Å². The number of H-pyrrole nitrogens is 1. The summed E-state index contributed by atoms with van der Waals surface area (Å²) in [5.41, 5.74) is 1.46. The standard InChI is InChI=1S/C15H14FN5O3S/c16-12-3-1-10(7-9(12)8-19-25(17,23)24)20-13-5-6-18-15-11(13)2-4-14(22)21-15/h1-7,19H,8H2,(H2,17,23,24)(H2,18,20,21,22). The van der Waals surface area contributed by atoms with E-state index < -0.39 is 16.0 Å². The molecule has 0 aliphatic rings. The molecule has 0 fully saturated rings. The first-order valence-corrected chi connectivity index (χ1v) is 8.67. The fourth-order valence-corrected chi connectivity index (χ4v) is 2.65. The molecule has 0 aliphatic carbocycles. The average Bonchev–Trinajstić information content (AvgIpc) is 2.54. The number of anilines is 2. The van der Waals surface area contributed by atoms with E-state index in [2.05, 4.69) is 15.3 Å². The molecule has 10 heteroatoms. The van der Waals surface area contributed by atoms with Crippen molar-refractivity contribution >= 4 is 32.6 Å². The first-order valence-electron chi connectivity index (χ1n) is 7.13. The van der Waals surface area contributed by atoms with Crippen LogP contribution in [0.15, 0.2) is 47.4 Å². The number of hydrogen-bond donors (Lipinski definition) is 4. The van der Waals surface area contributed by atoms with Gasteiger partial charge in [0.1, 0.15) is 11.5 Å². The van der Waals surface area contributed by atoms with Gasteiger partial charge in [0, 0.05) is 35.4 Å². The maximum Gasteiger partial charge on any atom is 0.274 e. The van der Waals surface area contributed by atoms with Crippen molar-refractivity contribution < 1.29 is 12.8 Å². The summed E-state index contributed by atoms with van der Waals surface area (Å²) in [6.07, 6.45) is 1.52. The monoisotopic (exact) mass is 363 g/mol. The first-order chi connectivity index (χ1) is 11.8. The van der Waals surface area contributed by atoms with E-state index in [0.29, 0.717) is 22.4 Å². The summed E-state index contributed by atoms with van der Waals surface area (Å²) in [5.74, 6) is -0.564. The van der Waals surface area contributed by atoms with Crippen LogP contribution in [0.4, 0.5) is 15.8 Å². The highest BCUT2D eigenvalue weighted by Gasteiger charge is 2.09. The molecule has 0 bridgehead atoms. The summed E-state index contributed by atoms with van der Waals surface area (Å²) in [6.45, 7) is -0.273. The minimum Gasteiger partial charge on any atom is -0.355 e. The van der Waals surface area contributed by atoms with E-state index in [-0.39, 0.29) is 17.7 Å².